The highest BCUT2D eigenvalue weighted by Gasteiger charge is 2.29. The second kappa shape index (κ2) is 4.40. The minimum atomic E-state index is 0.439. The zero-order valence-corrected chi connectivity index (χ0v) is 10.5. The Labute approximate surface area is 97.9 Å². The third-order valence-electron chi connectivity index (χ3n) is 3.60. The van der Waals surface area contributed by atoms with E-state index in [1.54, 1.807) is 6.20 Å². The first-order valence-electron chi connectivity index (χ1n) is 6.10. The van der Waals surface area contributed by atoms with Crippen molar-refractivity contribution in [1.82, 2.24) is 10.2 Å². The number of rotatable bonds is 1. The topological polar surface area (TPSA) is 29.0 Å². The largest absolute Gasteiger partial charge is 0.355 e. The summed E-state index contributed by atoms with van der Waals surface area (Å²) < 4.78 is 0. The van der Waals surface area contributed by atoms with Gasteiger partial charge in [-0.15, -0.1) is 5.10 Å². The van der Waals surface area contributed by atoms with Crippen LogP contribution in [-0.2, 0) is 0 Å². The van der Waals surface area contributed by atoms with Gasteiger partial charge in [0.25, 0.3) is 0 Å². The van der Waals surface area contributed by atoms with E-state index in [1.165, 1.54) is 12.8 Å². The van der Waals surface area contributed by atoms with E-state index in [-0.39, 0.29) is 0 Å². The van der Waals surface area contributed by atoms with Gasteiger partial charge in [0.05, 0.1) is 0 Å². The first kappa shape index (κ1) is 11.4. The molecule has 0 saturated carbocycles. The van der Waals surface area contributed by atoms with E-state index >= 15 is 0 Å². The highest BCUT2D eigenvalue weighted by molar-refractivity contribution is 5.36. The molecule has 3 heteroatoms. The predicted molar refractivity (Wildman–Crippen MR) is 66.4 cm³/mol. The van der Waals surface area contributed by atoms with Gasteiger partial charge in [0.2, 0.25) is 0 Å². The van der Waals surface area contributed by atoms with Crippen LogP contribution >= 0.6 is 0 Å². The van der Waals surface area contributed by atoms with Gasteiger partial charge >= 0.3 is 0 Å². The van der Waals surface area contributed by atoms with Crippen molar-refractivity contribution in [2.24, 2.45) is 11.3 Å². The molecule has 0 N–H and O–H groups in total. The van der Waals surface area contributed by atoms with Crippen molar-refractivity contribution in [3.8, 4) is 0 Å². The van der Waals surface area contributed by atoms with Crippen molar-refractivity contribution in [1.29, 1.82) is 0 Å². The Morgan fingerprint density at radius 3 is 2.44 bits per heavy atom. The third kappa shape index (κ3) is 2.52. The van der Waals surface area contributed by atoms with E-state index in [0.717, 1.165) is 24.8 Å². The second-order valence-corrected chi connectivity index (χ2v) is 5.71. The molecule has 1 fully saturated rings. The summed E-state index contributed by atoms with van der Waals surface area (Å²) in [5.74, 6) is 1.86. The maximum Gasteiger partial charge on any atom is 0.151 e. The Morgan fingerprint density at radius 2 is 1.94 bits per heavy atom. The monoisotopic (exact) mass is 219 g/mol. The van der Waals surface area contributed by atoms with E-state index < -0.39 is 0 Å². The van der Waals surface area contributed by atoms with Gasteiger partial charge in [0.15, 0.2) is 5.82 Å². The molecule has 1 aliphatic rings. The first-order chi connectivity index (χ1) is 7.57. The summed E-state index contributed by atoms with van der Waals surface area (Å²) in [7, 11) is 0. The Hall–Kier alpha value is -1.12. The minimum Gasteiger partial charge on any atom is -0.355 e. The highest BCUT2D eigenvalue weighted by Crippen LogP contribution is 2.34. The first-order valence-corrected chi connectivity index (χ1v) is 6.10. The van der Waals surface area contributed by atoms with Gasteiger partial charge in [-0.25, -0.2) is 0 Å². The molecule has 1 aromatic rings. The van der Waals surface area contributed by atoms with Crippen LogP contribution in [0.2, 0.25) is 0 Å². The SMILES string of the molecule is CC(C)(C)C1CCN(c2cccnn2)CC1. The summed E-state index contributed by atoms with van der Waals surface area (Å²) in [6, 6.07) is 4.00. The number of anilines is 1. The number of piperidine rings is 1. The summed E-state index contributed by atoms with van der Waals surface area (Å²) in [5.41, 5.74) is 0.439. The van der Waals surface area contributed by atoms with Crippen LogP contribution in [0.5, 0.6) is 0 Å². The Balaban J connectivity index is 1.96. The third-order valence-corrected chi connectivity index (χ3v) is 3.60. The number of hydrogen-bond acceptors (Lipinski definition) is 3. The quantitative estimate of drug-likeness (QED) is 0.727. The van der Waals surface area contributed by atoms with Crippen LogP contribution in [0.25, 0.3) is 0 Å². The molecule has 0 aromatic carbocycles. The van der Waals surface area contributed by atoms with E-state index in [0.29, 0.717) is 5.41 Å². The molecule has 88 valence electrons. The molecule has 3 nitrogen and oxygen atoms in total. The average Bonchev–Trinajstić information content (AvgIpc) is 2.29. The molecule has 0 atom stereocenters. The van der Waals surface area contributed by atoms with Crippen molar-refractivity contribution < 1.29 is 0 Å². The molecule has 2 rings (SSSR count). The lowest BCUT2D eigenvalue weighted by Crippen LogP contribution is -2.38. The normalized spacial score (nSPS) is 18.8. The lowest BCUT2D eigenvalue weighted by molar-refractivity contribution is 0.198. The molecule has 0 aliphatic carbocycles. The lowest BCUT2D eigenvalue weighted by Gasteiger charge is -2.39. The van der Waals surface area contributed by atoms with Crippen molar-refractivity contribution >= 4 is 5.82 Å². The zero-order chi connectivity index (χ0) is 11.6. The van der Waals surface area contributed by atoms with Gasteiger partial charge in [-0.05, 0) is 36.3 Å². The molecule has 16 heavy (non-hydrogen) atoms. The Kier molecular flexibility index (Phi) is 3.13. The molecule has 2 heterocycles. The summed E-state index contributed by atoms with van der Waals surface area (Å²) in [6.07, 6.45) is 4.26. The molecule has 0 bridgehead atoms. The van der Waals surface area contributed by atoms with Crippen molar-refractivity contribution in [3.05, 3.63) is 18.3 Å². The zero-order valence-electron chi connectivity index (χ0n) is 10.5. The van der Waals surface area contributed by atoms with Crippen LogP contribution in [0, 0.1) is 11.3 Å². The standard InChI is InChI=1S/C13H21N3/c1-13(2,3)11-6-9-16(10-7-11)12-5-4-8-14-15-12/h4-5,8,11H,6-7,9-10H2,1-3H3. The second-order valence-electron chi connectivity index (χ2n) is 5.71. The maximum atomic E-state index is 4.17. The molecular formula is C13H21N3. The molecule has 1 saturated heterocycles. The van der Waals surface area contributed by atoms with E-state index in [1.807, 2.05) is 12.1 Å². The number of hydrogen-bond donors (Lipinski definition) is 0. The van der Waals surface area contributed by atoms with Crippen LogP contribution in [0.15, 0.2) is 18.3 Å². The van der Waals surface area contributed by atoms with Gasteiger partial charge < -0.3 is 4.90 Å². The molecule has 0 unspecified atom stereocenters. The summed E-state index contributed by atoms with van der Waals surface area (Å²) in [6.45, 7) is 9.25. The van der Waals surface area contributed by atoms with Crippen LogP contribution in [-0.4, -0.2) is 23.3 Å². The molecule has 0 spiro atoms. The lowest BCUT2D eigenvalue weighted by atomic mass is 9.75. The molecule has 0 radical (unpaired) electrons. The average molecular weight is 219 g/mol. The van der Waals surface area contributed by atoms with Gasteiger partial charge in [0, 0.05) is 19.3 Å². The van der Waals surface area contributed by atoms with Crippen LogP contribution in [0.4, 0.5) is 5.82 Å². The molecule has 1 aliphatic heterocycles. The fourth-order valence-electron chi connectivity index (χ4n) is 2.44. The predicted octanol–water partition coefficient (Wildman–Crippen LogP) is 2.74. The fraction of sp³-hybridized carbons (Fsp3) is 0.692. The smallest absolute Gasteiger partial charge is 0.151 e. The Morgan fingerprint density at radius 1 is 1.25 bits per heavy atom. The van der Waals surface area contributed by atoms with Gasteiger partial charge in [0.1, 0.15) is 0 Å². The fourth-order valence-corrected chi connectivity index (χ4v) is 2.44. The van der Waals surface area contributed by atoms with Crippen molar-refractivity contribution in [3.63, 3.8) is 0 Å². The summed E-state index contributed by atoms with van der Waals surface area (Å²) >= 11 is 0. The minimum absolute atomic E-state index is 0.439. The maximum absolute atomic E-state index is 4.17. The van der Waals surface area contributed by atoms with Gasteiger partial charge in [-0.3, -0.25) is 0 Å². The summed E-state index contributed by atoms with van der Waals surface area (Å²) in [5, 5.41) is 8.10. The molecule has 0 amide bonds. The number of nitrogens with zero attached hydrogens (tertiary/aromatic N) is 3. The van der Waals surface area contributed by atoms with Crippen LogP contribution in [0.3, 0.4) is 0 Å². The number of aromatic nitrogens is 2. The Bertz CT molecular complexity index is 321. The van der Waals surface area contributed by atoms with Crippen molar-refractivity contribution in [2.75, 3.05) is 18.0 Å². The van der Waals surface area contributed by atoms with Crippen LogP contribution in [0.1, 0.15) is 33.6 Å². The summed E-state index contributed by atoms with van der Waals surface area (Å²) in [4.78, 5) is 2.34. The van der Waals surface area contributed by atoms with E-state index in [9.17, 15) is 0 Å². The van der Waals surface area contributed by atoms with Gasteiger partial charge in [-0.1, -0.05) is 20.8 Å². The molecule has 1 aromatic heterocycles. The van der Waals surface area contributed by atoms with E-state index in [4.69, 9.17) is 0 Å². The molecular weight excluding hydrogens is 198 g/mol. The van der Waals surface area contributed by atoms with Crippen LogP contribution < -0.4 is 4.90 Å². The highest BCUT2D eigenvalue weighted by atomic mass is 15.3. The van der Waals surface area contributed by atoms with Gasteiger partial charge in [-0.2, -0.15) is 5.10 Å². The van der Waals surface area contributed by atoms with E-state index in [2.05, 4.69) is 35.9 Å². The van der Waals surface area contributed by atoms with Crippen molar-refractivity contribution in [2.45, 2.75) is 33.6 Å².